The van der Waals surface area contributed by atoms with Crippen LogP contribution in [0, 0.1) is 0 Å². The predicted molar refractivity (Wildman–Crippen MR) is 124 cm³/mol. The predicted octanol–water partition coefficient (Wildman–Crippen LogP) is 2.17. The normalized spacial score (nSPS) is 17.1. The van der Waals surface area contributed by atoms with E-state index in [1.165, 1.54) is 10.1 Å². The second kappa shape index (κ2) is 9.23. The Balaban J connectivity index is 1.26. The highest BCUT2D eigenvalue weighted by molar-refractivity contribution is 5.97. The van der Waals surface area contributed by atoms with Crippen molar-refractivity contribution >= 4 is 22.9 Å². The maximum absolute atomic E-state index is 13.0. The molecule has 1 aromatic heterocycles. The average molecular weight is 449 g/mol. The van der Waals surface area contributed by atoms with Crippen molar-refractivity contribution in [2.75, 3.05) is 39.3 Å². The number of hydrogen-bond donors (Lipinski definition) is 0. The summed E-state index contributed by atoms with van der Waals surface area (Å²) in [6.07, 6.45) is 2.02. The van der Waals surface area contributed by atoms with Gasteiger partial charge in [0, 0.05) is 51.4 Å². The fourth-order valence-electron chi connectivity index (χ4n) is 4.68. The number of rotatable bonds is 5. The van der Waals surface area contributed by atoms with Crippen LogP contribution in [-0.4, -0.2) is 70.3 Å². The number of aromatic nitrogens is 1. The molecule has 0 spiro atoms. The van der Waals surface area contributed by atoms with Crippen LogP contribution in [0.15, 0.2) is 57.7 Å². The largest absolute Gasteiger partial charge is 0.420 e. The number of carbonyl (C=O) groups excluding carboxylic acids is 2. The van der Waals surface area contributed by atoms with Crippen LogP contribution in [-0.2, 0) is 17.9 Å². The SMILES string of the molecule is O=C(Cn1c(=O)oc2ccc(C(=O)N3CCCC3)cc21)N1CCN(Cc2ccccc2)CC1. The van der Waals surface area contributed by atoms with Gasteiger partial charge in [0.05, 0.1) is 5.52 Å². The average Bonchev–Trinajstić information content (AvgIpc) is 3.48. The molecule has 3 heterocycles. The lowest BCUT2D eigenvalue weighted by molar-refractivity contribution is -0.133. The van der Waals surface area contributed by atoms with Gasteiger partial charge < -0.3 is 14.2 Å². The quantitative estimate of drug-likeness (QED) is 0.598. The van der Waals surface area contributed by atoms with Crippen LogP contribution in [0.4, 0.5) is 0 Å². The Hall–Kier alpha value is -3.39. The molecule has 0 radical (unpaired) electrons. The molecule has 2 aromatic carbocycles. The molecule has 0 atom stereocenters. The van der Waals surface area contributed by atoms with Crippen molar-refractivity contribution in [3.8, 4) is 0 Å². The highest BCUT2D eigenvalue weighted by atomic mass is 16.4. The molecular formula is C25H28N4O4. The second-order valence-corrected chi connectivity index (χ2v) is 8.78. The van der Waals surface area contributed by atoms with Gasteiger partial charge in [0.1, 0.15) is 6.54 Å². The van der Waals surface area contributed by atoms with Crippen molar-refractivity contribution in [2.45, 2.75) is 25.9 Å². The molecule has 33 heavy (non-hydrogen) atoms. The number of benzene rings is 2. The van der Waals surface area contributed by atoms with Gasteiger partial charge >= 0.3 is 5.76 Å². The van der Waals surface area contributed by atoms with Crippen LogP contribution in [0.5, 0.6) is 0 Å². The number of nitrogens with zero attached hydrogens (tertiary/aromatic N) is 4. The third kappa shape index (κ3) is 4.57. The van der Waals surface area contributed by atoms with E-state index in [0.717, 1.165) is 45.6 Å². The molecule has 0 aliphatic carbocycles. The fourth-order valence-corrected chi connectivity index (χ4v) is 4.68. The Kier molecular flexibility index (Phi) is 6.00. The number of likely N-dealkylation sites (tertiary alicyclic amines) is 1. The van der Waals surface area contributed by atoms with E-state index in [2.05, 4.69) is 17.0 Å². The number of fused-ring (bicyclic) bond motifs is 1. The third-order valence-corrected chi connectivity index (χ3v) is 6.57. The molecule has 0 bridgehead atoms. The fraction of sp³-hybridized carbons (Fsp3) is 0.400. The molecule has 3 aromatic rings. The van der Waals surface area contributed by atoms with Crippen LogP contribution in [0.25, 0.3) is 11.1 Å². The maximum Gasteiger partial charge on any atom is 0.420 e. The van der Waals surface area contributed by atoms with Crippen LogP contribution in [0.3, 0.4) is 0 Å². The second-order valence-electron chi connectivity index (χ2n) is 8.78. The molecule has 2 fully saturated rings. The highest BCUT2D eigenvalue weighted by Gasteiger charge is 2.24. The molecular weight excluding hydrogens is 420 g/mol. The van der Waals surface area contributed by atoms with Crippen LogP contribution < -0.4 is 5.76 Å². The van der Waals surface area contributed by atoms with E-state index in [1.54, 1.807) is 23.1 Å². The zero-order chi connectivity index (χ0) is 22.8. The first-order chi connectivity index (χ1) is 16.1. The summed E-state index contributed by atoms with van der Waals surface area (Å²) >= 11 is 0. The lowest BCUT2D eigenvalue weighted by Crippen LogP contribution is -2.49. The first kappa shape index (κ1) is 21.5. The van der Waals surface area contributed by atoms with Gasteiger partial charge in [-0.25, -0.2) is 4.79 Å². The first-order valence-corrected chi connectivity index (χ1v) is 11.6. The molecule has 5 rings (SSSR count). The maximum atomic E-state index is 13.0. The first-order valence-electron chi connectivity index (χ1n) is 11.6. The van der Waals surface area contributed by atoms with Gasteiger partial charge in [0.15, 0.2) is 5.58 Å². The van der Waals surface area contributed by atoms with E-state index in [-0.39, 0.29) is 18.4 Å². The Morgan fingerprint density at radius 3 is 2.30 bits per heavy atom. The van der Waals surface area contributed by atoms with Crippen LogP contribution in [0.1, 0.15) is 28.8 Å². The van der Waals surface area contributed by atoms with Gasteiger partial charge in [-0.3, -0.25) is 19.1 Å². The van der Waals surface area contributed by atoms with Gasteiger partial charge in [0.25, 0.3) is 5.91 Å². The molecule has 2 saturated heterocycles. The number of carbonyl (C=O) groups is 2. The molecule has 0 unspecified atom stereocenters. The molecule has 2 aliphatic rings. The Morgan fingerprint density at radius 2 is 1.58 bits per heavy atom. The zero-order valence-electron chi connectivity index (χ0n) is 18.6. The van der Waals surface area contributed by atoms with E-state index < -0.39 is 5.76 Å². The zero-order valence-corrected chi connectivity index (χ0v) is 18.6. The van der Waals surface area contributed by atoms with Gasteiger partial charge in [-0.05, 0) is 36.6 Å². The number of oxazole rings is 1. The summed E-state index contributed by atoms with van der Waals surface area (Å²) in [6, 6.07) is 15.3. The van der Waals surface area contributed by atoms with Gasteiger partial charge in [-0.15, -0.1) is 0 Å². The van der Waals surface area contributed by atoms with Crippen molar-refractivity contribution in [3.63, 3.8) is 0 Å². The van der Waals surface area contributed by atoms with Crippen molar-refractivity contribution in [1.29, 1.82) is 0 Å². The van der Waals surface area contributed by atoms with Gasteiger partial charge in [0.2, 0.25) is 5.91 Å². The van der Waals surface area contributed by atoms with Crippen molar-refractivity contribution in [2.24, 2.45) is 0 Å². The minimum Gasteiger partial charge on any atom is -0.408 e. The summed E-state index contributed by atoms with van der Waals surface area (Å²) in [5, 5.41) is 0. The van der Waals surface area contributed by atoms with E-state index in [4.69, 9.17) is 4.42 Å². The molecule has 2 aliphatic heterocycles. The topological polar surface area (TPSA) is 79.0 Å². The summed E-state index contributed by atoms with van der Waals surface area (Å²) in [5.41, 5.74) is 2.65. The van der Waals surface area contributed by atoms with Crippen molar-refractivity contribution in [1.82, 2.24) is 19.3 Å². The molecule has 172 valence electrons. The summed E-state index contributed by atoms with van der Waals surface area (Å²) in [7, 11) is 0. The summed E-state index contributed by atoms with van der Waals surface area (Å²) in [5.74, 6) is -0.738. The summed E-state index contributed by atoms with van der Waals surface area (Å²) in [4.78, 5) is 44.2. The van der Waals surface area contributed by atoms with E-state index in [9.17, 15) is 14.4 Å². The standard InChI is InChI=1S/C25H28N4O4/c30-23(27-14-12-26(13-15-27)17-19-6-2-1-3-7-19)18-29-21-16-20(8-9-22(21)33-25(29)32)24(31)28-10-4-5-11-28/h1-3,6-9,16H,4-5,10-15,17-18H2. The monoisotopic (exact) mass is 448 g/mol. The van der Waals surface area contributed by atoms with E-state index in [0.29, 0.717) is 29.8 Å². The number of hydrogen-bond acceptors (Lipinski definition) is 5. The molecule has 0 N–H and O–H groups in total. The smallest absolute Gasteiger partial charge is 0.408 e. The Morgan fingerprint density at radius 1 is 0.848 bits per heavy atom. The highest BCUT2D eigenvalue weighted by Crippen LogP contribution is 2.19. The molecule has 0 saturated carbocycles. The van der Waals surface area contributed by atoms with Crippen molar-refractivity contribution < 1.29 is 14.0 Å². The van der Waals surface area contributed by atoms with E-state index in [1.807, 2.05) is 23.1 Å². The Labute approximate surface area is 192 Å². The summed E-state index contributed by atoms with van der Waals surface area (Å²) in [6.45, 7) is 5.10. The molecule has 2 amide bonds. The lowest BCUT2D eigenvalue weighted by atomic mass is 10.1. The van der Waals surface area contributed by atoms with E-state index >= 15 is 0 Å². The summed E-state index contributed by atoms with van der Waals surface area (Å²) < 4.78 is 6.68. The Bertz CT molecular complexity index is 1200. The molecule has 8 nitrogen and oxygen atoms in total. The molecule has 8 heteroatoms. The number of amides is 2. The van der Waals surface area contributed by atoms with Gasteiger partial charge in [-0.1, -0.05) is 30.3 Å². The third-order valence-electron chi connectivity index (χ3n) is 6.57. The van der Waals surface area contributed by atoms with Gasteiger partial charge in [-0.2, -0.15) is 0 Å². The van der Waals surface area contributed by atoms with Crippen molar-refractivity contribution in [3.05, 3.63) is 70.2 Å². The van der Waals surface area contributed by atoms with Crippen LogP contribution >= 0.6 is 0 Å². The van der Waals surface area contributed by atoms with Crippen LogP contribution in [0.2, 0.25) is 0 Å². The lowest BCUT2D eigenvalue weighted by Gasteiger charge is -2.34. The minimum absolute atomic E-state index is 0.0459. The minimum atomic E-state index is -0.577. The number of piperazine rings is 1.